The lowest BCUT2D eigenvalue weighted by Gasteiger charge is -2.27. The lowest BCUT2D eigenvalue weighted by Crippen LogP contribution is -2.50. The fraction of sp³-hybridized carbons (Fsp3) is 0.438. The van der Waals surface area contributed by atoms with Crippen molar-refractivity contribution in [3.8, 4) is 0 Å². The first kappa shape index (κ1) is 17.9. The van der Waals surface area contributed by atoms with Crippen LogP contribution in [0.5, 0.6) is 0 Å². The third-order valence-electron chi connectivity index (χ3n) is 3.89. The van der Waals surface area contributed by atoms with Crippen molar-refractivity contribution < 1.29 is 19.1 Å². The van der Waals surface area contributed by atoms with Gasteiger partial charge in [-0.15, -0.1) is 0 Å². The second-order valence-corrected chi connectivity index (χ2v) is 5.51. The third kappa shape index (κ3) is 4.09. The maximum atomic E-state index is 12.3. The predicted octanol–water partition coefficient (Wildman–Crippen LogP) is -0.206. The maximum absolute atomic E-state index is 12.3. The van der Waals surface area contributed by atoms with Gasteiger partial charge in [-0.1, -0.05) is 6.92 Å². The molecule has 8 nitrogen and oxygen atoms in total. The van der Waals surface area contributed by atoms with Gasteiger partial charge in [0, 0.05) is 17.9 Å². The summed E-state index contributed by atoms with van der Waals surface area (Å²) in [6.07, 6.45) is 0. The van der Waals surface area contributed by atoms with Crippen molar-refractivity contribution in [2.24, 2.45) is 5.73 Å². The molecule has 0 aromatic heterocycles. The van der Waals surface area contributed by atoms with Crippen molar-refractivity contribution in [1.29, 1.82) is 0 Å². The number of nitrogens with one attached hydrogen (secondary N) is 1. The standard InChI is InChI=1S/C16H22N4O4/c1-3-19(2)14(15(17)22)16(23)18-11-4-6-12(7-5-11)20-8-9-24-10-13(20)21/h4-7,14H,3,8-10H2,1-2H3,(H2,17,22)(H,18,23)/t14-/m0/s1. The molecule has 0 spiro atoms. The van der Waals surface area contributed by atoms with E-state index in [1.807, 2.05) is 6.92 Å². The molecule has 0 saturated carbocycles. The van der Waals surface area contributed by atoms with Crippen molar-refractivity contribution in [3.63, 3.8) is 0 Å². The third-order valence-corrected chi connectivity index (χ3v) is 3.89. The number of anilines is 2. The van der Waals surface area contributed by atoms with Crippen LogP contribution < -0.4 is 16.0 Å². The smallest absolute Gasteiger partial charge is 0.253 e. The summed E-state index contributed by atoms with van der Waals surface area (Å²) in [5.41, 5.74) is 6.57. The molecule has 2 rings (SSSR count). The van der Waals surface area contributed by atoms with Crippen LogP contribution in [0.4, 0.5) is 11.4 Å². The van der Waals surface area contributed by atoms with Crippen LogP contribution in [0.2, 0.25) is 0 Å². The van der Waals surface area contributed by atoms with Gasteiger partial charge in [-0.3, -0.25) is 19.3 Å². The van der Waals surface area contributed by atoms with Crippen molar-refractivity contribution >= 4 is 29.1 Å². The highest BCUT2D eigenvalue weighted by molar-refractivity contribution is 6.09. The maximum Gasteiger partial charge on any atom is 0.253 e. The minimum atomic E-state index is -1.03. The highest BCUT2D eigenvalue weighted by atomic mass is 16.5. The zero-order chi connectivity index (χ0) is 17.7. The van der Waals surface area contributed by atoms with Crippen molar-refractivity contribution in [2.75, 3.05) is 43.6 Å². The minimum absolute atomic E-state index is 0.0716. The first-order valence-electron chi connectivity index (χ1n) is 7.72. The van der Waals surface area contributed by atoms with Gasteiger partial charge in [-0.2, -0.15) is 0 Å². The van der Waals surface area contributed by atoms with E-state index in [1.165, 1.54) is 0 Å². The number of nitrogens with zero attached hydrogens (tertiary/aromatic N) is 2. The molecule has 1 aliphatic heterocycles. The first-order valence-corrected chi connectivity index (χ1v) is 7.72. The molecule has 0 unspecified atom stereocenters. The zero-order valence-electron chi connectivity index (χ0n) is 13.8. The van der Waals surface area contributed by atoms with Gasteiger partial charge in [-0.25, -0.2) is 0 Å². The number of carbonyl (C=O) groups excluding carboxylic acids is 3. The summed E-state index contributed by atoms with van der Waals surface area (Å²) in [6.45, 7) is 3.40. The Hall–Kier alpha value is -2.45. The normalized spacial score (nSPS) is 16.1. The Labute approximate surface area is 140 Å². The first-order chi connectivity index (χ1) is 11.4. The van der Waals surface area contributed by atoms with E-state index in [9.17, 15) is 14.4 Å². The monoisotopic (exact) mass is 334 g/mol. The second-order valence-electron chi connectivity index (χ2n) is 5.51. The van der Waals surface area contributed by atoms with E-state index in [0.29, 0.717) is 25.4 Å². The lowest BCUT2D eigenvalue weighted by atomic mass is 10.2. The highest BCUT2D eigenvalue weighted by Gasteiger charge is 2.28. The molecule has 8 heteroatoms. The Morgan fingerprint density at radius 3 is 2.58 bits per heavy atom. The summed E-state index contributed by atoms with van der Waals surface area (Å²) in [6, 6.07) is 5.80. The van der Waals surface area contributed by atoms with Crippen LogP contribution in [-0.4, -0.2) is 62.0 Å². The molecule has 130 valence electrons. The molecule has 24 heavy (non-hydrogen) atoms. The SMILES string of the molecule is CCN(C)[C@@H](C(N)=O)C(=O)Nc1ccc(N2CCOCC2=O)cc1. The largest absolute Gasteiger partial charge is 0.370 e. The fourth-order valence-electron chi connectivity index (χ4n) is 2.46. The Morgan fingerprint density at radius 2 is 2.04 bits per heavy atom. The number of benzene rings is 1. The average Bonchev–Trinajstić information content (AvgIpc) is 2.55. The molecule has 0 radical (unpaired) electrons. The Bertz CT molecular complexity index is 617. The summed E-state index contributed by atoms with van der Waals surface area (Å²) >= 11 is 0. The van der Waals surface area contributed by atoms with E-state index in [0.717, 1.165) is 5.69 Å². The molecule has 0 bridgehead atoms. The van der Waals surface area contributed by atoms with Crippen molar-refractivity contribution in [2.45, 2.75) is 13.0 Å². The molecule has 1 fully saturated rings. The lowest BCUT2D eigenvalue weighted by molar-refractivity contribution is -0.131. The molecule has 1 aliphatic rings. The van der Waals surface area contributed by atoms with Crippen LogP contribution in [0.15, 0.2) is 24.3 Å². The molecule has 3 amide bonds. The van der Waals surface area contributed by atoms with Gasteiger partial charge >= 0.3 is 0 Å². The number of hydrogen-bond donors (Lipinski definition) is 2. The van der Waals surface area contributed by atoms with Gasteiger partial charge in [0.1, 0.15) is 6.61 Å². The average molecular weight is 334 g/mol. The predicted molar refractivity (Wildman–Crippen MR) is 89.5 cm³/mol. The molecular weight excluding hydrogens is 312 g/mol. The number of morpholine rings is 1. The number of likely N-dealkylation sites (N-methyl/N-ethyl adjacent to an activating group) is 1. The number of rotatable bonds is 6. The summed E-state index contributed by atoms with van der Waals surface area (Å²) in [7, 11) is 1.65. The zero-order valence-corrected chi connectivity index (χ0v) is 13.8. The number of amides is 3. The van der Waals surface area contributed by atoms with Gasteiger partial charge in [-0.05, 0) is 37.9 Å². The number of primary amides is 1. The molecule has 1 heterocycles. The van der Waals surface area contributed by atoms with E-state index in [4.69, 9.17) is 10.5 Å². The van der Waals surface area contributed by atoms with E-state index in [-0.39, 0.29) is 12.5 Å². The summed E-state index contributed by atoms with van der Waals surface area (Å²) in [5.74, 6) is -1.29. The van der Waals surface area contributed by atoms with Gasteiger partial charge < -0.3 is 20.7 Å². The van der Waals surface area contributed by atoms with E-state index >= 15 is 0 Å². The number of ether oxygens (including phenoxy) is 1. The summed E-state index contributed by atoms with van der Waals surface area (Å²) in [4.78, 5) is 38.8. The quantitative estimate of drug-likeness (QED) is 0.701. The van der Waals surface area contributed by atoms with Crippen LogP contribution >= 0.6 is 0 Å². The molecule has 1 aromatic carbocycles. The number of nitrogens with two attached hydrogens (primary N) is 1. The number of hydrogen-bond acceptors (Lipinski definition) is 5. The van der Waals surface area contributed by atoms with E-state index in [1.54, 1.807) is 41.1 Å². The molecular formula is C16H22N4O4. The van der Waals surface area contributed by atoms with Crippen LogP contribution in [-0.2, 0) is 19.1 Å². The van der Waals surface area contributed by atoms with E-state index < -0.39 is 17.9 Å². The fourth-order valence-corrected chi connectivity index (χ4v) is 2.46. The van der Waals surface area contributed by atoms with Crippen molar-refractivity contribution in [1.82, 2.24) is 4.90 Å². The van der Waals surface area contributed by atoms with Crippen LogP contribution in [0.3, 0.4) is 0 Å². The molecule has 1 aromatic rings. The Morgan fingerprint density at radius 1 is 1.38 bits per heavy atom. The van der Waals surface area contributed by atoms with Gasteiger partial charge in [0.2, 0.25) is 5.91 Å². The molecule has 1 atom stereocenters. The Balaban J connectivity index is 2.06. The van der Waals surface area contributed by atoms with Gasteiger partial charge in [0.25, 0.3) is 11.8 Å². The van der Waals surface area contributed by atoms with Gasteiger partial charge in [0.05, 0.1) is 6.61 Å². The summed E-state index contributed by atoms with van der Waals surface area (Å²) < 4.78 is 5.09. The molecule has 3 N–H and O–H groups in total. The van der Waals surface area contributed by atoms with Crippen molar-refractivity contribution in [3.05, 3.63) is 24.3 Å². The minimum Gasteiger partial charge on any atom is -0.370 e. The Kier molecular flexibility index (Phi) is 5.88. The van der Waals surface area contributed by atoms with Crippen LogP contribution in [0.1, 0.15) is 6.92 Å². The second kappa shape index (κ2) is 7.89. The molecule has 1 saturated heterocycles. The topological polar surface area (TPSA) is 105 Å². The highest BCUT2D eigenvalue weighted by Crippen LogP contribution is 2.20. The van der Waals surface area contributed by atoms with Gasteiger partial charge in [0.15, 0.2) is 6.04 Å². The molecule has 0 aliphatic carbocycles. The van der Waals surface area contributed by atoms with E-state index in [2.05, 4.69) is 5.32 Å². The van der Waals surface area contributed by atoms with Crippen LogP contribution in [0, 0.1) is 0 Å². The summed E-state index contributed by atoms with van der Waals surface area (Å²) in [5, 5.41) is 2.67. The number of carbonyl (C=O) groups is 3. The van der Waals surface area contributed by atoms with Crippen LogP contribution in [0.25, 0.3) is 0 Å².